The highest BCUT2D eigenvalue weighted by molar-refractivity contribution is 5.78. The lowest BCUT2D eigenvalue weighted by Crippen LogP contribution is -2.39. The predicted octanol–water partition coefficient (Wildman–Crippen LogP) is 2.73. The number of aromatic nitrogens is 4. The van der Waals surface area contributed by atoms with Crippen molar-refractivity contribution in [2.24, 2.45) is 5.92 Å². The van der Waals surface area contributed by atoms with Gasteiger partial charge < -0.3 is 15.0 Å². The molecule has 0 radical (unpaired) electrons. The Hall–Kier alpha value is -3.02. The lowest BCUT2D eigenvalue weighted by Gasteiger charge is -2.35. The van der Waals surface area contributed by atoms with Crippen LogP contribution < -0.4 is 5.32 Å². The zero-order chi connectivity index (χ0) is 24.7. The predicted molar refractivity (Wildman–Crippen MR) is 115 cm³/mol. The van der Waals surface area contributed by atoms with Gasteiger partial charge >= 0.3 is 12.1 Å². The molecule has 1 aliphatic heterocycles. The van der Waals surface area contributed by atoms with Gasteiger partial charge in [0, 0.05) is 38.2 Å². The molecule has 9 nitrogen and oxygen atoms in total. The molecule has 0 bridgehead atoms. The molecule has 2 aromatic heterocycles. The van der Waals surface area contributed by atoms with Gasteiger partial charge in [0.25, 0.3) is 0 Å². The van der Waals surface area contributed by atoms with Gasteiger partial charge in [0.05, 0.1) is 24.7 Å². The first kappa shape index (κ1) is 25.6. The third-order valence-corrected chi connectivity index (χ3v) is 6.02. The fraction of sp³-hybridized carbons (Fsp3) is 0.591. The van der Waals surface area contributed by atoms with Gasteiger partial charge in [0.1, 0.15) is 11.6 Å². The Morgan fingerprint density at radius 3 is 2.44 bits per heavy atom. The van der Waals surface area contributed by atoms with Gasteiger partial charge in [-0.1, -0.05) is 12.8 Å². The molecule has 1 saturated carbocycles. The number of hydrogen-bond acceptors (Lipinski definition) is 6. The number of halogens is 3. The van der Waals surface area contributed by atoms with E-state index >= 15 is 0 Å². The molecule has 4 rings (SSSR count). The van der Waals surface area contributed by atoms with E-state index in [0.717, 1.165) is 30.5 Å². The van der Waals surface area contributed by atoms with Crippen molar-refractivity contribution in [2.75, 3.05) is 13.1 Å². The van der Waals surface area contributed by atoms with E-state index in [2.05, 4.69) is 31.7 Å². The van der Waals surface area contributed by atoms with Gasteiger partial charge in [-0.05, 0) is 31.7 Å². The Bertz CT molecular complexity index is 961. The van der Waals surface area contributed by atoms with E-state index in [-0.39, 0.29) is 5.91 Å². The third-order valence-electron chi connectivity index (χ3n) is 6.02. The number of carbonyl (C=O) groups is 2. The number of fused-ring (bicyclic) bond motifs is 1. The van der Waals surface area contributed by atoms with Gasteiger partial charge in [-0.15, -0.1) is 0 Å². The first-order valence-electron chi connectivity index (χ1n) is 11.3. The molecule has 186 valence electrons. The van der Waals surface area contributed by atoms with Crippen LogP contribution in [0.3, 0.4) is 0 Å². The molecule has 0 spiro atoms. The maximum atomic E-state index is 12.2. The average molecular weight is 483 g/mol. The minimum Gasteiger partial charge on any atom is -0.475 e. The van der Waals surface area contributed by atoms with Crippen LogP contribution in [0, 0.1) is 5.92 Å². The molecule has 1 unspecified atom stereocenters. The molecular weight excluding hydrogens is 453 g/mol. The molecule has 1 aliphatic carbocycles. The van der Waals surface area contributed by atoms with E-state index < -0.39 is 12.1 Å². The summed E-state index contributed by atoms with van der Waals surface area (Å²) in [4.78, 5) is 36.7. The molecule has 2 aliphatic rings. The quantitative estimate of drug-likeness (QED) is 0.651. The van der Waals surface area contributed by atoms with Crippen molar-refractivity contribution < 1.29 is 27.9 Å². The fourth-order valence-corrected chi connectivity index (χ4v) is 4.28. The summed E-state index contributed by atoms with van der Waals surface area (Å²) in [5, 5.41) is 10.00. The van der Waals surface area contributed by atoms with Gasteiger partial charge in [-0.3, -0.25) is 9.69 Å². The van der Waals surface area contributed by atoms with Crippen molar-refractivity contribution >= 4 is 11.9 Å². The molecule has 1 fully saturated rings. The lowest BCUT2D eigenvalue weighted by atomic mass is 10.1. The van der Waals surface area contributed by atoms with Crippen molar-refractivity contribution in [3.8, 4) is 0 Å². The van der Waals surface area contributed by atoms with Crippen molar-refractivity contribution in [1.29, 1.82) is 0 Å². The van der Waals surface area contributed by atoms with E-state index in [9.17, 15) is 18.0 Å². The highest BCUT2D eigenvalue weighted by atomic mass is 19.4. The lowest BCUT2D eigenvalue weighted by molar-refractivity contribution is -0.192. The smallest absolute Gasteiger partial charge is 0.475 e. The second-order valence-corrected chi connectivity index (χ2v) is 8.53. The Balaban J connectivity index is 0.000000406. The van der Waals surface area contributed by atoms with E-state index in [1.165, 1.54) is 32.2 Å². The summed E-state index contributed by atoms with van der Waals surface area (Å²) in [6.07, 6.45) is 6.11. The monoisotopic (exact) mass is 482 g/mol. The van der Waals surface area contributed by atoms with Gasteiger partial charge in [0.15, 0.2) is 0 Å². The van der Waals surface area contributed by atoms with Crippen LogP contribution in [0.5, 0.6) is 0 Å². The van der Waals surface area contributed by atoms with E-state index in [0.29, 0.717) is 24.8 Å². The number of rotatable bonds is 6. The van der Waals surface area contributed by atoms with E-state index in [1.807, 2.05) is 6.20 Å². The summed E-state index contributed by atoms with van der Waals surface area (Å²) in [6.45, 7) is 5.79. The Morgan fingerprint density at radius 2 is 1.82 bits per heavy atom. The summed E-state index contributed by atoms with van der Waals surface area (Å²) in [5.74, 6) is -0.250. The Morgan fingerprint density at radius 1 is 1.18 bits per heavy atom. The zero-order valence-electron chi connectivity index (χ0n) is 19.0. The maximum absolute atomic E-state index is 12.2. The molecular formula is C22H29F3N6O3. The first-order chi connectivity index (χ1) is 16.1. The number of imidazole rings is 1. The highest BCUT2D eigenvalue weighted by Gasteiger charge is 2.38. The molecule has 3 heterocycles. The topological polar surface area (TPSA) is 113 Å². The number of carbonyl (C=O) groups excluding carboxylic acids is 1. The van der Waals surface area contributed by atoms with Crippen LogP contribution in [0.25, 0.3) is 0 Å². The number of hydrogen-bond donors (Lipinski definition) is 2. The van der Waals surface area contributed by atoms with Crippen LogP contribution >= 0.6 is 0 Å². The van der Waals surface area contributed by atoms with Crippen LogP contribution in [-0.4, -0.2) is 60.7 Å². The van der Waals surface area contributed by atoms with Crippen molar-refractivity contribution in [1.82, 2.24) is 29.7 Å². The SMILES string of the molecule is CC1c2nc(CC(=O)NCc3ncccn3)cn2CCN1CC1CCCC1.O=C(O)C(F)(F)F. The summed E-state index contributed by atoms with van der Waals surface area (Å²) in [5.41, 5.74) is 0.839. The second-order valence-electron chi connectivity index (χ2n) is 8.53. The van der Waals surface area contributed by atoms with Crippen LogP contribution in [0.1, 0.15) is 56.0 Å². The van der Waals surface area contributed by atoms with Crippen LogP contribution in [0.4, 0.5) is 13.2 Å². The van der Waals surface area contributed by atoms with Crippen molar-refractivity contribution in [3.63, 3.8) is 0 Å². The highest BCUT2D eigenvalue weighted by Crippen LogP contribution is 2.30. The number of nitrogens with zero attached hydrogens (tertiary/aromatic N) is 5. The number of alkyl halides is 3. The summed E-state index contributed by atoms with van der Waals surface area (Å²) >= 11 is 0. The first-order valence-corrected chi connectivity index (χ1v) is 11.3. The summed E-state index contributed by atoms with van der Waals surface area (Å²) in [6, 6.07) is 2.08. The molecule has 1 atom stereocenters. The van der Waals surface area contributed by atoms with E-state index in [1.54, 1.807) is 18.5 Å². The largest absolute Gasteiger partial charge is 0.490 e. The molecule has 34 heavy (non-hydrogen) atoms. The average Bonchev–Trinajstić information content (AvgIpc) is 3.45. The van der Waals surface area contributed by atoms with Crippen LogP contribution in [-0.2, 0) is 29.1 Å². The van der Waals surface area contributed by atoms with Crippen molar-refractivity contribution in [2.45, 2.75) is 64.3 Å². The van der Waals surface area contributed by atoms with Gasteiger partial charge in [-0.2, -0.15) is 13.2 Å². The summed E-state index contributed by atoms with van der Waals surface area (Å²) in [7, 11) is 0. The number of carboxylic acids is 1. The molecule has 12 heteroatoms. The summed E-state index contributed by atoms with van der Waals surface area (Å²) < 4.78 is 34.0. The third kappa shape index (κ3) is 7.24. The standard InChI is InChI=1S/C20H28N6O.C2HF3O2/c1-15-20-24-17(11-19(27)23-12-18-21-7-4-8-22-18)14-26(20)10-9-25(15)13-16-5-2-3-6-16;3-2(4,5)1(6)7/h4,7-8,14-16H,2-3,5-6,9-13H2,1H3,(H,23,27);(H,6,7). The van der Waals surface area contributed by atoms with Gasteiger partial charge in [-0.25, -0.2) is 19.7 Å². The van der Waals surface area contributed by atoms with Crippen molar-refractivity contribution in [3.05, 3.63) is 42.0 Å². The van der Waals surface area contributed by atoms with Crippen LogP contribution in [0.15, 0.2) is 24.7 Å². The van der Waals surface area contributed by atoms with Gasteiger partial charge in [0.2, 0.25) is 5.91 Å². The molecule has 2 N–H and O–H groups in total. The van der Waals surface area contributed by atoms with Crippen LogP contribution in [0.2, 0.25) is 0 Å². The Kier molecular flexibility index (Phi) is 8.59. The second kappa shape index (κ2) is 11.4. The molecule has 0 saturated heterocycles. The number of carboxylic acid groups (broad SMARTS) is 1. The fourth-order valence-electron chi connectivity index (χ4n) is 4.28. The number of nitrogens with one attached hydrogen (secondary N) is 1. The maximum Gasteiger partial charge on any atom is 0.490 e. The Labute approximate surface area is 195 Å². The minimum absolute atomic E-state index is 0.0478. The number of amides is 1. The molecule has 1 amide bonds. The minimum atomic E-state index is -5.08. The van der Waals surface area contributed by atoms with E-state index in [4.69, 9.17) is 14.9 Å². The normalized spacial score (nSPS) is 18.6. The molecule has 0 aromatic carbocycles. The zero-order valence-corrected chi connectivity index (χ0v) is 19.0. The molecule has 2 aromatic rings. The number of aliphatic carboxylic acids is 1.